The molecular weight excluding hydrogens is 299 g/mol. The number of carbonyl (C=O) groups excluding carboxylic acids is 1. The zero-order chi connectivity index (χ0) is 16.7. The fraction of sp³-hybridized carbons (Fsp3) is 0.375. The van der Waals surface area contributed by atoms with Crippen LogP contribution in [-0.2, 0) is 6.54 Å². The summed E-state index contributed by atoms with van der Waals surface area (Å²) >= 11 is 0. The molecule has 1 aromatic heterocycles. The monoisotopic (exact) mass is 320 g/mol. The van der Waals surface area contributed by atoms with Crippen molar-refractivity contribution < 1.29 is 13.9 Å². The minimum absolute atomic E-state index is 0.184. The van der Waals surface area contributed by atoms with Crippen LogP contribution in [0.2, 0.25) is 0 Å². The Morgan fingerprint density at radius 1 is 1.48 bits per heavy atom. The molecule has 124 valence electrons. The smallest absolute Gasteiger partial charge is 0.315 e. The number of nitrogens with one attached hydrogen (secondary N) is 2. The maximum atomic E-state index is 13.7. The first-order valence-corrected chi connectivity index (χ1v) is 7.45. The van der Waals surface area contributed by atoms with Crippen molar-refractivity contribution in [3.8, 4) is 5.75 Å². The van der Waals surface area contributed by atoms with Crippen LogP contribution in [0.5, 0.6) is 5.75 Å². The molecule has 2 amide bonds. The summed E-state index contributed by atoms with van der Waals surface area (Å²) in [6.45, 7) is 3.08. The van der Waals surface area contributed by atoms with Gasteiger partial charge in [0.05, 0.1) is 13.2 Å². The van der Waals surface area contributed by atoms with E-state index in [1.54, 1.807) is 25.3 Å². The van der Waals surface area contributed by atoms with Gasteiger partial charge in [-0.3, -0.25) is 4.68 Å². The fourth-order valence-electron chi connectivity index (χ4n) is 2.16. The summed E-state index contributed by atoms with van der Waals surface area (Å²) in [4.78, 5) is 11.8. The quantitative estimate of drug-likeness (QED) is 0.770. The Labute approximate surface area is 134 Å². The van der Waals surface area contributed by atoms with Gasteiger partial charge in [0.2, 0.25) is 0 Å². The predicted molar refractivity (Wildman–Crippen MR) is 84.7 cm³/mol. The summed E-state index contributed by atoms with van der Waals surface area (Å²) < 4.78 is 20.4. The molecular formula is C16H21FN4O2. The molecule has 1 atom stereocenters. The van der Waals surface area contributed by atoms with Gasteiger partial charge in [0.25, 0.3) is 0 Å². The molecule has 7 heteroatoms. The van der Waals surface area contributed by atoms with Crippen molar-refractivity contribution in [2.45, 2.75) is 25.9 Å². The van der Waals surface area contributed by atoms with E-state index in [9.17, 15) is 9.18 Å². The summed E-state index contributed by atoms with van der Waals surface area (Å²) in [6.07, 6.45) is 4.37. The molecule has 1 aromatic carbocycles. The number of nitrogens with zero attached hydrogens (tertiary/aromatic N) is 2. The van der Waals surface area contributed by atoms with E-state index < -0.39 is 5.82 Å². The molecule has 1 heterocycles. The third-order valence-corrected chi connectivity index (χ3v) is 3.43. The lowest BCUT2D eigenvalue weighted by molar-refractivity contribution is 0.237. The Balaban J connectivity index is 1.74. The van der Waals surface area contributed by atoms with E-state index in [0.29, 0.717) is 12.1 Å². The van der Waals surface area contributed by atoms with Crippen LogP contribution in [0.4, 0.5) is 9.18 Å². The normalized spacial score (nSPS) is 11.8. The van der Waals surface area contributed by atoms with Crippen molar-refractivity contribution in [3.63, 3.8) is 0 Å². The Morgan fingerprint density at radius 3 is 2.96 bits per heavy atom. The second kappa shape index (κ2) is 8.17. The lowest BCUT2D eigenvalue weighted by Gasteiger charge is -2.16. The molecule has 0 fully saturated rings. The van der Waals surface area contributed by atoms with Crippen LogP contribution in [0.15, 0.2) is 36.7 Å². The van der Waals surface area contributed by atoms with Crippen LogP contribution in [0.3, 0.4) is 0 Å². The lowest BCUT2D eigenvalue weighted by Crippen LogP contribution is -2.37. The molecule has 0 aliphatic heterocycles. The number of hydrogen-bond acceptors (Lipinski definition) is 3. The topological polar surface area (TPSA) is 68.2 Å². The van der Waals surface area contributed by atoms with Crippen LogP contribution in [-0.4, -0.2) is 29.5 Å². The van der Waals surface area contributed by atoms with Gasteiger partial charge in [-0.05, 0) is 37.1 Å². The number of aromatic nitrogens is 2. The van der Waals surface area contributed by atoms with Gasteiger partial charge in [0.15, 0.2) is 11.6 Å². The van der Waals surface area contributed by atoms with Crippen molar-refractivity contribution in [1.29, 1.82) is 0 Å². The van der Waals surface area contributed by atoms with Gasteiger partial charge < -0.3 is 15.4 Å². The van der Waals surface area contributed by atoms with Crippen molar-refractivity contribution in [1.82, 2.24) is 20.4 Å². The van der Waals surface area contributed by atoms with E-state index >= 15 is 0 Å². The molecule has 2 aromatic rings. The standard InChI is InChI=1S/C16H21FN4O2/c1-12(13-5-6-15(23-2)14(17)11-13)20-16(22)18-7-3-9-21-10-4-8-19-21/h4-6,8,10-12H,3,7,9H2,1-2H3,(H2,18,20,22)/t12-/m1/s1. The number of urea groups is 1. The minimum Gasteiger partial charge on any atom is -0.494 e. The van der Waals surface area contributed by atoms with Gasteiger partial charge in [-0.2, -0.15) is 5.10 Å². The van der Waals surface area contributed by atoms with Gasteiger partial charge in [-0.25, -0.2) is 9.18 Å². The molecule has 0 saturated carbocycles. The molecule has 6 nitrogen and oxygen atoms in total. The first kappa shape index (κ1) is 16.8. The van der Waals surface area contributed by atoms with Crippen LogP contribution < -0.4 is 15.4 Å². The number of aryl methyl sites for hydroxylation is 1. The van der Waals surface area contributed by atoms with Crippen molar-refractivity contribution in [2.24, 2.45) is 0 Å². The van der Waals surface area contributed by atoms with E-state index in [0.717, 1.165) is 13.0 Å². The zero-order valence-electron chi connectivity index (χ0n) is 13.3. The average molecular weight is 320 g/mol. The maximum Gasteiger partial charge on any atom is 0.315 e. The molecule has 0 aliphatic carbocycles. The van der Waals surface area contributed by atoms with Crippen molar-refractivity contribution >= 4 is 6.03 Å². The Hall–Kier alpha value is -2.57. The second-order valence-corrected chi connectivity index (χ2v) is 5.14. The number of hydrogen-bond donors (Lipinski definition) is 2. The Bertz CT molecular complexity index is 631. The molecule has 0 saturated heterocycles. The number of carbonyl (C=O) groups is 1. The van der Waals surface area contributed by atoms with Crippen LogP contribution >= 0.6 is 0 Å². The number of ether oxygens (including phenoxy) is 1. The van der Waals surface area contributed by atoms with Gasteiger partial charge in [-0.1, -0.05) is 6.07 Å². The largest absolute Gasteiger partial charge is 0.494 e. The number of amides is 2. The molecule has 0 spiro atoms. The average Bonchev–Trinajstić information content (AvgIpc) is 3.04. The molecule has 0 bridgehead atoms. The van der Waals surface area contributed by atoms with Crippen molar-refractivity contribution in [2.75, 3.05) is 13.7 Å². The van der Waals surface area contributed by atoms with Crippen LogP contribution in [0.25, 0.3) is 0 Å². The fourth-order valence-corrected chi connectivity index (χ4v) is 2.16. The van der Waals surface area contributed by atoms with Gasteiger partial charge in [0.1, 0.15) is 0 Å². The van der Waals surface area contributed by atoms with Gasteiger partial charge >= 0.3 is 6.03 Å². The third kappa shape index (κ3) is 4.98. The van der Waals surface area contributed by atoms with Crippen molar-refractivity contribution in [3.05, 3.63) is 48.0 Å². The number of methoxy groups -OCH3 is 1. The first-order chi connectivity index (χ1) is 11.1. The summed E-state index contributed by atoms with van der Waals surface area (Å²) in [5.41, 5.74) is 0.676. The summed E-state index contributed by atoms with van der Waals surface area (Å²) in [5.74, 6) is -0.262. The SMILES string of the molecule is COc1ccc([C@@H](C)NC(=O)NCCCn2cccn2)cc1F. The summed E-state index contributed by atoms with van der Waals surface area (Å²) in [7, 11) is 1.41. The maximum absolute atomic E-state index is 13.7. The van der Waals surface area contributed by atoms with E-state index in [-0.39, 0.29) is 17.8 Å². The highest BCUT2D eigenvalue weighted by Gasteiger charge is 2.11. The van der Waals surface area contributed by atoms with Crippen LogP contribution in [0, 0.1) is 5.82 Å². The Morgan fingerprint density at radius 2 is 2.30 bits per heavy atom. The minimum atomic E-state index is -0.446. The van der Waals surface area contributed by atoms with E-state index in [2.05, 4.69) is 15.7 Å². The highest BCUT2D eigenvalue weighted by molar-refractivity contribution is 5.74. The highest BCUT2D eigenvalue weighted by Crippen LogP contribution is 2.21. The number of halogens is 1. The molecule has 0 aliphatic rings. The number of rotatable bonds is 7. The summed E-state index contributed by atoms with van der Waals surface area (Å²) in [6, 6.07) is 5.91. The van der Waals surface area contributed by atoms with E-state index in [1.165, 1.54) is 13.2 Å². The second-order valence-electron chi connectivity index (χ2n) is 5.14. The third-order valence-electron chi connectivity index (χ3n) is 3.43. The molecule has 23 heavy (non-hydrogen) atoms. The molecule has 0 radical (unpaired) electrons. The highest BCUT2D eigenvalue weighted by atomic mass is 19.1. The Kier molecular flexibility index (Phi) is 5.96. The van der Waals surface area contributed by atoms with Gasteiger partial charge in [-0.15, -0.1) is 0 Å². The van der Waals surface area contributed by atoms with E-state index in [4.69, 9.17) is 4.74 Å². The predicted octanol–water partition coefficient (Wildman–Crippen LogP) is 2.48. The number of benzene rings is 1. The van der Waals surface area contributed by atoms with E-state index in [1.807, 2.05) is 16.9 Å². The lowest BCUT2D eigenvalue weighted by atomic mass is 10.1. The first-order valence-electron chi connectivity index (χ1n) is 7.45. The molecule has 0 unspecified atom stereocenters. The molecule has 2 N–H and O–H groups in total. The van der Waals surface area contributed by atoms with Crippen LogP contribution in [0.1, 0.15) is 24.9 Å². The molecule has 2 rings (SSSR count). The van der Waals surface area contributed by atoms with Gasteiger partial charge in [0, 0.05) is 25.5 Å². The zero-order valence-corrected chi connectivity index (χ0v) is 13.3. The summed E-state index contributed by atoms with van der Waals surface area (Å²) in [5, 5.41) is 9.63.